The molecule has 5 heteroatoms. The SMILES string of the molecule is CN(C(=O)C1COCCN1)C1CCSC1. The molecule has 0 radical (unpaired) electrons. The van der Waals surface area contributed by atoms with E-state index in [1.165, 1.54) is 5.75 Å². The highest BCUT2D eigenvalue weighted by molar-refractivity contribution is 7.99. The van der Waals surface area contributed by atoms with Crippen LogP contribution in [0.1, 0.15) is 6.42 Å². The Hall–Kier alpha value is -0.260. The molecule has 2 rings (SSSR count). The molecule has 86 valence electrons. The van der Waals surface area contributed by atoms with E-state index in [9.17, 15) is 4.79 Å². The standard InChI is InChI=1S/C10H18N2O2S/c1-12(8-2-5-15-7-8)10(13)9-6-14-4-3-11-9/h8-9,11H,2-7H2,1H3. The molecule has 0 aromatic carbocycles. The van der Waals surface area contributed by atoms with Crippen molar-refractivity contribution in [3.63, 3.8) is 0 Å². The van der Waals surface area contributed by atoms with Crippen LogP contribution in [0, 0.1) is 0 Å². The maximum Gasteiger partial charge on any atom is 0.242 e. The molecule has 15 heavy (non-hydrogen) atoms. The Bertz CT molecular complexity index is 225. The number of nitrogens with zero attached hydrogens (tertiary/aromatic N) is 1. The Morgan fingerprint density at radius 3 is 3.07 bits per heavy atom. The van der Waals surface area contributed by atoms with Crippen molar-refractivity contribution < 1.29 is 9.53 Å². The van der Waals surface area contributed by atoms with Crippen LogP contribution in [-0.4, -0.2) is 61.2 Å². The van der Waals surface area contributed by atoms with Gasteiger partial charge in [0.25, 0.3) is 0 Å². The van der Waals surface area contributed by atoms with Gasteiger partial charge in [-0.25, -0.2) is 0 Å². The third-order valence-corrected chi connectivity index (χ3v) is 4.17. The number of likely N-dealkylation sites (N-methyl/N-ethyl adjacent to an activating group) is 1. The zero-order valence-electron chi connectivity index (χ0n) is 9.07. The van der Waals surface area contributed by atoms with E-state index in [1.807, 2.05) is 23.7 Å². The van der Waals surface area contributed by atoms with Gasteiger partial charge < -0.3 is 15.0 Å². The lowest BCUT2D eigenvalue weighted by molar-refractivity contribution is -0.136. The molecule has 1 amide bonds. The van der Waals surface area contributed by atoms with Crippen LogP contribution in [0.4, 0.5) is 0 Å². The number of hydrogen-bond acceptors (Lipinski definition) is 4. The molecule has 0 aliphatic carbocycles. The second kappa shape index (κ2) is 5.18. The van der Waals surface area contributed by atoms with Crippen molar-refractivity contribution in [2.75, 3.05) is 38.3 Å². The molecular weight excluding hydrogens is 212 g/mol. The van der Waals surface area contributed by atoms with E-state index in [0.29, 0.717) is 19.3 Å². The monoisotopic (exact) mass is 230 g/mol. The van der Waals surface area contributed by atoms with Gasteiger partial charge in [0.05, 0.1) is 13.2 Å². The van der Waals surface area contributed by atoms with Crippen molar-refractivity contribution in [3.05, 3.63) is 0 Å². The van der Waals surface area contributed by atoms with Gasteiger partial charge in [-0.05, 0) is 12.2 Å². The Morgan fingerprint density at radius 2 is 2.47 bits per heavy atom. The van der Waals surface area contributed by atoms with Crippen LogP contribution < -0.4 is 5.32 Å². The lowest BCUT2D eigenvalue weighted by Gasteiger charge is -2.30. The van der Waals surface area contributed by atoms with E-state index in [2.05, 4.69) is 5.32 Å². The van der Waals surface area contributed by atoms with E-state index in [-0.39, 0.29) is 11.9 Å². The Morgan fingerprint density at radius 1 is 1.60 bits per heavy atom. The molecule has 2 fully saturated rings. The average Bonchev–Trinajstić information content (AvgIpc) is 2.82. The van der Waals surface area contributed by atoms with Crippen molar-refractivity contribution >= 4 is 17.7 Å². The molecule has 2 unspecified atom stereocenters. The molecule has 0 bridgehead atoms. The number of hydrogen-bond donors (Lipinski definition) is 1. The summed E-state index contributed by atoms with van der Waals surface area (Å²) in [4.78, 5) is 14.0. The summed E-state index contributed by atoms with van der Waals surface area (Å²) in [6.07, 6.45) is 1.13. The highest BCUT2D eigenvalue weighted by Crippen LogP contribution is 2.21. The van der Waals surface area contributed by atoms with Crippen LogP contribution in [-0.2, 0) is 9.53 Å². The van der Waals surface area contributed by atoms with Crippen LogP contribution in [0.3, 0.4) is 0 Å². The fraction of sp³-hybridized carbons (Fsp3) is 0.900. The Kier molecular flexibility index (Phi) is 3.88. The summed E-state index contributed by atoms with van der Waals surface area (Å²) in [5, 5.41) is 3.20. The summed E-state index contributed by atoms with van der Waals surface area (Å²) in [6, 6.07) is 0.292. The molecule has 2 heterocycles. The van der Waals surface area contributed by atoms with Crippen molar-refractivity contribution in [1.82, 2.24) is 10.2 Å². The van der Waals surface area contributed by atoms with Crippen LogP contribution in [0.15, 0.2) is 0 Å². The number of morpholine rings is 1. The van der Waals surface area contributed by atoms with Gasteiger partial charge in [-0.2, -0.15) is 11.8 Å². The fourth-order valence-electron chi connectivity index (χ4n) is 1.98. The number of thioether (sulfide) groups is 1. The molecule has 1 N–H and O–H groups in total. The molecule has 2 saturated heterocycles. The third-order valence-electron chi connectivity index (χ3n) is 3.02. The summed E-state index contributed by atoms with van der Waals surface area (Å²) in [5.74, 6) is 2.44. The maximum atomic E-state index is 12.1. The third kappa shape index (κ3) is 2.65. The first-order valence-corrected chi connectivity index (χ1v) is 6.60. The maximum absolute atomic E-state index is 12.1. The normalized spacial score (nSPS) is 31.5. The van der Waals surface area contributed by atoms with Gasteiger partial charge in [0.2, 0.25) is 5.91 Å². The Balaban J connectivity index is 1.87. The first kappa shape index (κ1) is 11.2. The Labute approximate surface area is 94.7 Å². The van der Waals surface area contributed by atoms with E-state index in [0.717, 1.165) is 18.7 Å². The van der Waals surface area contributed by atoms with Crippen molar-refractivity contribution in [2.24, 2.45) is 0 Å². The van der Waals surface area contributed by atoms with Gasteiger partial charge >= 0.3 is 0 Å². The molecular formula is C10H18N2O2S. The molecule has 0 aromatic rings. The molecule has 2 aliphatic rings. The number of ether oxygens (including phenoxy) is 1. The lowest BCUT2D eigenvalue weighted by Crippen LogP contribution is -2.53. The molecule has 0 saturated carbocycles. The quantitative estimate of drug-likeness (QED) is 0.721. The minimum atomic E-state index is -0.130. The van der Waals surface area contributed by atoms with Crippen LogP contribution in [0.25, 0.3) is 0 Å². The first-order chi connectivity index (χ1) is 7.29. The molecule has 0 aromatic heterocycles. The van der Waals surface area contributed by atoms with Gasteiger partial charge in [0.1, 0.15) is 6.04 Å². The molecule has 4 nitrogen and oxygen atoms in total. The predicted octanol–water partition coefficient (Wildman–Crippen LogP) is -0.0613. The minimum absolute atomic E-state index is 0.130. The van der Waals surface area contributed by atoms with Gasteiger partial charge in [0, 0.05) is 25.4 Å². The summed E-state index contributed by atoms with van der Waals surface area (Å²) in [5.41, 5.74) is 0. The molecule has 2 aliphatic heterocycles. The topological polar surface area (TPSA) is 41.6 Å². The predicted molar refractivity (Wildman–Crippen MR) is 61.1 cm³/mol. The summed E-state index contributed by atoms with van der Waals surface area (Å²) < 4.78 is 5.30. The van der Waals surface area contributed by atoms with Gasteiger partial charge in [-0.3, -0.25) is 4.79 Å². The average molecular weight is 230 g/mol. The number of carbonyl (C=O) groups is 1. The van der Waals surface area contributed by atoms with Crippen molar-refractivity contribution in [3.8, 4) is 0 Å². The number of rotatable bonds is 2. The zero-order chi connectivity index (χ0) is 10.7. The van der Waals surface area contributed by atoms with Crippen LogP contribution >= 0.6 is 11.8 Å². The van der Waals surface area contributed by atoms with Gasteiger partial charge in [0.15, 0.2) is 0 Å². The number of carbonyl (C=O) groups excluding carboxylic acids is 1. The summed E-state index contributed by atoms with van der Waals surface area (Å²) >= 11 is 1.93. The van der Waals surface area contributed by atoms with Crippen molar-refractivity contribution in [2.45, 2.75) is 18.5 Å². The number of nitrogens with one attached hydrogen (secondary N) is 1. The fourth-order valence-corrected chi connectivity index (χ4v) is 3.25. The van der Waals surface area contributed by atoms with Crippen molar-refractivity contribution in [1.29, 1.82) is 0 Å². The smallest absolute Gasteiger partial charge is 0.242 e. The minimum Gasteiger partial charge on any atom is -0.378 e. The highest BCUT2D eigenvalue weighted by atomic mass is 32.2. The second-order valence-corrected chi connectivity index (χ2v) is 5.20. The van der Waals surface area contributed by atoms with E-state index in [4.69, 9.17) is 4.74 Å². The molecule has 2 atom stereocenters. The zero-order valence-corrected chi connectivity index (χ0v) is 9.89. The van der Waals surface area contributed by atoms with E-state index >= 15 is 0 Å². The van der Waals surface area contributed by atoms with E-state index in [1.54, 1.807) is 0 Å². The molecule has 0 spiro atoms. The first-order valence-electron chi connectivity index (χ1n) is 5.44. The highest BCUT2D eigenvalue weighted by Gasteiger charge is 2.29. The second-order valence-electron chi connectivity index (χ2n) is 4.05. The largest absolute Gasteiger partial charge is 0.378 e. The van der Waals surface area contributed by atoms with E-state index < -0.39 is 0 Å². The van der Waals surface area contributed by atoms with Crippen LogP contribution in [0.5, 0.6) is 0 Å². The van der Waals surface area contributed by atoms with Crippen LogP contribution in [0.2, 0.25) is 0 Å². The van der Waals surface area contributed by atoms with Gasteiger partial charge in [-0.1, -0.05) is 0 Å². The summed E-state index contributed by atoms with van der Waals surface area (Å²) in [6.45, 7) is 2.01. The number of amides is 1. The lowest BCUT2D eigenvalue weighted by atomic mass is 10.2. The van der Waals surface area contributed by atoms with Gasteiger partial charge in [-0.15, -0.1) is 0 Å². The summed E-state index contributed by atoms with van der Waals surface area (Å²) in [7, 11) is 1.91.